The lowest BCUT2D eigenvalue weighted by Gasteiger charge is -2.11. The van der Waals surface area contributed by atoms with E-state index >= 15 is 0 Å². The molecule has 32 heavy (non-hydrogen) atoms. The number of nitrogens with zero attached hydrogens (tertiary/aromatic N) is 6. The fraction of sp³-hybridized carbons (Fsp3) is 0.286. The summed E-state index contributed by atoms with van der Waals surface area (Å²) in [5, 5.41) is 7.28. The number of rotatable bonds is 8. The molecule has 0 saturated carbocycles. The Morgan fingerprint density at radius 3 is 2.53 bits per heavy atom. The lowest BCUT2D eigenvalue weighted by atomic mass is 10.1. The van der Waals surface area contributed by atoms with Crippen LogP contribution < -0.4 is 19.9 Å². The van der Waals surface area contributed by atoms with Gasteiger partial charge in [0.15, 0.2) is 17.3 Å². The van der Waals surface area contributed by atoms with Crippen molar-refractivity contribution < 1.29 is 14.2 Å². The van der Waals surface area contributed by atoms with E-state index in [0.29, 0.717) is 47.9 Å². The van der Waals surface area contributed by atoms with Crippen molar-refractivity contribution in [2.75, 3.05) is 20.0 Å². The molecule has 0 aliphatic rings. The highest BCUT2D eigenvalue weighted by molar-refractivity contribution is 7.09. The average molecular weight is 454 g/mol. The molecule has 10 nitrogen and oxygen atoms in total. The molecule has 0 atom stereocenters. The first-order valence-corrected chi connectivity index (χ1v) is 10.7. The molecule has 0 radical (unpaired) electrons. The highest BCUT2D eigenvalue weighted by Gasteiger charge is 2.15. The number of methoxy groups -OCH3 is 2. The van der Waals surface area contributed by atoms with Crippen LogP contribution in [0, 0.1) is 13.8 Å². The predicted octanol–water partition coefficient (Wildman–Crippen LogP) is 2.90. The smallest absolute Gasteiger partial charge is 0.240 e. The monoisotopic (exact) mass is 453 g/mol. The SMILES string of the molecule is COc1ccc(Cc2nc(N)nn2-c2cc(OCc3csc(C)n3)nc(C)n2)cc1OC. The Morgan fingerprint density at radius 2 is 1.81 bits per heavy atom. The van der Waals surface area contributed by atoms with Crippen LogP contribution in [-0.2, 0) is 13.0 Å². The van der Waals surface area contributed by atoms with Gasteiger partial charge in [-0.05, 0) is 31.5 Å². The van der Waals surface area contributed by atoms with Crippen molar-refractivity contribution in [3.63, 3.8) is 0 Å². The van der Waals surface area contributed by atoms with E-state index in [1.54, 1.807) is 43.2 Å². The van der Waals surface area contributed by atoms with Gasteiger partial charge >= 0.3 is 0 Å². The molecule has 0 fully saturated rings. The van der Waals surface area contributed by atoms with Crippen LogP contribution in [0.5, 0.6) is 17.4 Å². The topological polar surface area (TPSA) is 123 Å². The summed E-state index contributed by atoms with van der Waals surface area (Å²) in [7, 11) is 3.20. The van der Waals surface area contributed by atoms with Gasteiger partial charge in [-0.1, -0.05) is 6.07 Å². The van der Waals surface area contributed by atoms with E-state index < -0.39 is 0 Å². The van der Waals surface area contributed by atoms with Crippen LogP contribution in [0.25, 0.3) is 5.82 Å². The molecule has 0 bridgehead atoms. The van der Waals surface area contributed by atoms with Crippen molar-refractivity contribution in [2.24, 2.45) is 0 Å². The Hall–Kier alpha value is -3.73. The van der Waals surface area contributed by atoms with E-state index in [4.69, 9.17) is 19.9 Å². The summed E-state index contributed by atoms with van der Waals surface area (Å²) in [6, 6.07) is 7.38. The quantitative estimate of drug-likeness (QED) is 0.429. The molecular weight excluding hydrogens is 430 g/mol. The zero-order chi connectivity index (χ0) is 22.7. The summed E-state index contributed by atoms with van der Waals surface area (Å²) >= 11 is 1.58. The van der Waals surface area contributed by atoms with Gasteiger partial charge in [-0.3, -0.25) is 0 Å². The molecular formula is C21H23N7O3S. The molecule has 2 N–H and O–H groups in total. The Kier molecular flexibility index (Phi) is 6.17. The second kappa shape index (κ2) is 9.18. The minimum atomic E-state index is 0.150. The van der Waals surface area contributed by atoms with E-state index in [1.165, 1.54) is 0 Å². The van der Waals surface area contributed by atoms with Gasteiger partial charge < -0.3 is 19.9 Å². The Labute approximate surface area is 189 Å². The zero-order valence-electron chi connectivity index (χ0n) is 18.2. The molecule has 0 unspecified atom stereocenters. The highest BCUT2D eigenvalue weighted by atomic mass is 32.1. The van der Waals surface area contributed by atoms with E-state index in [1.807, 2.05) is 30.5 Å². The fourth-order valence-electron chi connectivity index (χ4n) is 3.16. The Bertz CT molecular complexity index is 1240. The van der Waals surface area contributed by atoms with Gasteiger partial charge in [-0.15, -0.1) is 16.4 Å². The number of nitrogen functional groups attached to an aromatic ring is 1. The molecule has 4 aromatic rings. The summed E-state index contributed by atoms with van der Waals surface area (Å²) in [5.74, 6) is 3.53. The Morgan fingerprint density at radius 1 is 1.00 bits per heavy atom. The summed E-state index contributed by atoms with van der Waals surface area (Å²) in [4.78, 5) is 17.6. The number of aromatic nitrogens is 6. The minimum Gasteiger partial charge on any atom is -0.493 e. The van der Waals surface area contributed by atoms with Crippen LogP contribution in [0.1, 0.15) is 27.9 Å². The standard InChI is InChI=1S/C21H23N7O3S/c1-12-23-19(9-20(24-12)31-10-15-11-32-13(2)25-15)28-18(26-21(22)27-28)8-14-5-6-16(29-3)17(7-14)30-4/h5-7,9,11H,8,10H2,1-4H3,(H2,22,27). The van der Waals surface area contributed by atoms with Crippen LogP contribution >= 0.6 is 11.3 Å². The van der Waals surface area contributed by atoms with Gasteiger partial charge in [0.2, 0.25) is 11.8 Å². The molecule has 0 amide bonds. The zero-order valence-corrected chi connectivity index (χ0v) is 19.0. The molecule has 166 valence electrons. The van der Waals surface area contributed by atoms with Gasteiger partial charge in [0.25, 0.3) is 0 Å². The second-order valence-electron chi connectivity index (χ2n) is 6.92. The molecule has 11 heteroatoms. The van der Waals surface area contributed by atoms with Gasteiger partial charge in [0.05, 0.1) is 24.9 Å². The van der Waals surface area contributed by atoms with Crippen LogP contribution in [0.3, 0.4) is 0 Å². The van der Waals surface area contributed by atoms with Crippen molar-refractivity contribution in [2.45, 2.75) is 26.9 Å². The molecule has 0 aliphatic heterocycles. The van der Waals surface area contributed by atoms with Crippen molar-refractivity contribution in [3.8, 4) is 23.2 Å². The first-order chi connectivity index (χ1) is 15.4. The third-order valence-corrected chi connectivity index (χ3v) is 5.38. The van der Waals surface area contributed by atoms with Gasteiger partial charge in [-0.25, -0.2) is 9.97 Å². The van der Waals surface area contributed by atoms with Crippen molar-refractivity contribution in [1.29, 1.82) is 0 Å². The second-order valence-corrected chi connectivity index (χ2v) is 7.98. The van der Waals surface area contributed by atoms with Crippen LogP contribution in [0.15, 0.2) is 29.6 Å². The molecule has 0 aliphatic carbocycles. The number of hydrogen-bond acceptors (Lipinski definition) is 10. The summed E-state index contributed by atoms with van der Waals surface area (Å²) < 4.78 is 18.1. The predicted molar refractivity (Wildman–Crippen MR) is 120 cm³/mol. The number of benzene rings is 1. The highest BCUT2D eigenvalue weighted by Crippen LogP contribution is 2.28. The summed E-state index contributed by atoms with van der Waals surface area (Å²) in [5.41, 5.74) is 7.72. The lowest BCUT2D eigenvalue weighted by Crippen LogP contribution is -2.09. The molecule has 3 heterocycles. The third kappa shape index (κ3) is 4.78. The molecule has 4 rings (SSSR count). The van der Waals surface area contributed by atoms with Crippen molar-refractivity contribution >= 4 is 17.3 Å². The molecule has 3 aromatic heterocycles. The third-order valence-electron chi connectivity index (χ3n) is 4.55. The Balaban J connectivity index is 1.61. The average Bonchev–Trinajstić information content (AvgIpc) is 3.36. The largest absolute Gasteiger partial charge is 0.493 e. The van der Waals surface area contributed by atoms with Gasteiger partial charge in [-0.2, -0.15) is 14.6 Å². The lowest BCUT2D eigenvalue weighted by molar-refractivity contribution is 0.288. The van der Waals surface area contributed by atoms with E-state index in [2.05, 4.69) is 25.0 Å². The number of anilines is 1. The van der Waals surface area contributed by atoms with Gasteiger partial charge in [0.1, 0.15) is 18.3 Å². The fourth-order valence-corrected chi connectivity index (χ4v) is 3.76. The maximum Gasteiger partial charge on any atom is 0.240 e. The summed E-state index contributed by atoms with van der Waals surface area (Å²) in [6.07, 6.45) is 0.460. The molecule has 0 saturated heterocycles. The summed E-state index contributed by atoms with van der Waals surface area (Å²) in [6.45, 7) is 4.06. The van der Waals surface area contributed by atoms with Crippen LogP contribution in [0.2, 0.25) is 0 Å². The minimum absolute atomic E-state index is 0.150. The normalized spacial score (nSPS) is 10.9. The van der Waals surface area contributed by atoms with Crippen LogP contribution in [-0.4, -0.2) is 43.9 Å². The maximum atomic E-state index is 5.92. The van der Waals surface area contributed by atoms with Crippen LogP contribution in [0.4, 0.5) is 5.95 Å². The number of nitrogens with two attached hydrogens (primary N) is 1. The number of ether oxygens (including phenoxy) is 3. The van der Waals surface area contributed by atoms with Gasteiger partial charge in [0, 0.05) is 17.9 Å². The molecule has 1 aromatic carbocycles. The van der Waals surface area contributed by atoms with E-state index in [9.17, 15) is 0 Å². The van der Waals surface area contributed by atoms with Crippen molar-refractivity contribution in [3.05, 3.63) is 57.6 Å². The number of hydrogen-bond donors (Lipinski definition) is 1. The van der Waals surface area contributed by atoms with E-state index in [-0.39, 0.29) is 5.95 Å². The number of thiazole rings is 1. The van der Waals surface area contributed by atoms with E-state index in [0.717, 1.165) is 16.3 Å². The first-order valence-electron chi connectivity index (χ1n) is 9.77. The molecule has 0 spiro atoms. The first kappa shape index (κ1) is 21.5. The number of aryl methyl sites for hydroxylation is 2. The van der Waals surface area contributed by atoms with Crippen molar-refractivity contribution in [1.82, 2.24) is 29.7 Å². The maximum absolute atomic E-state index is 5.92.